The van der Waals surface area contributed by atoms with E-state index in [1.165, 1.54) is 0 Å². The van der Waals surface area contributed by atoms with Gasteiger partial charge in [-0.15, -0.1) is 0 Å². The lowest BCUT2D eigenvalue weighted by Gasteiger charge is -2.26. The molecule has 0 spiro atoms. The van der Waals surface area contributed by atoms with Crippen molar-refractivity contribution in [3.63, 3.8) is 0 Å². The number of aromatic nitrogens is 3. The minimum absolute atomic E-state index is 0.00136. The first kappa shape index (κ1) is 23.5. The summed E-state index contributed by atoms with van der Waals surface area (Å²) < 4.78 is 6.56. The molecule has 0 bridgehead atoms. The highest BCUT2D eigenvalue weighted by Gasteiger charge is 2.31. The van der Waals surface area contributed by atoms with Crippen molar-refractivity contribution in [2.45, 2.75) is 12.5 Å². The molecule has 1 fully saturated rings. The quantitative estimate of drug-likeness (QED) is 0.157. The van der Waals surface area contributed by atoms with Crippen molar-refractivity contribution in [3.8, 4) is 5.75 Å². The second kappa shape index (κ2) is 10.6. The molecule has 182 valence electrons. The maximum absolute atomic E-state index is 12.1. The maximum atomic E-state index is 12.1. The second-order valence-electron chi connectivity index (χ2n) is 8.05. The molecule has 1 aliphatic heterocycles. The normalized spacial score (nSPS) is 14.8. The maximum Gasteiger partial charge on any atom is 0.241 e. The number of carbonyl (C=O) groups excluding carboxylic acids is 1. The summed E-state index contributed by atoms with van der Waals surface area (Å²) >= 11 is 10.2. The van der Waals surface area contributed by atoms with E-state index in [-0.39, 0.29) is 18.7 Å². The summed E-state index contributed by atoms with van der Waals surface area (Å²) in [6, 6.07) is 25.3. The molecule has 1 unspecified atom stereocenters. The Morgan fingerprint density at radius 2 is 1.75 bits per heavy atom. The van der Waals surface area contributed by atoms with Gasteiger partial charge >= 0.3 is 0 Å². The van der Waals surface area contributed by atoms with Crippen LogP contribution in [0.5, 0.6) is 5.75 Å². The number of benzene rings is 3. The van der Waals surface area contributed by atoms with Crippen molar-refractivity contribution in [2.75, 3.05) is 22.4 Å². The fraction of sp³-hybridized carbons (Fsp3) is 0.120. The smallest absolute Gasteiger partial charge is 0.241 e. The summed E-state index contributed by atoms with van der Waals surface area (Å²) in [5.74, 6) is 1.16. The van der Waals surface area contributed by atoms with Crippen LogP contribution in [0.25, 0.3) is 0 Å². The fourth-order valence-electron chi connectivity index (χ4n) is 3.91. The molecule has 3 aromatic carbocycles. The molecule has 1 saturated heterocycles. The average molecular weight is 518 g/mol. The lowest BCUT2D eigenvalue weighted by molar-refractivity contribution is -0.119. The van der Waals surface area contributed by atoms with Gasteiger partial charge in [0, 0.05) is 11.4 Å². The molecule has 0 radical (unpaired) electrons. The van der Waals surface area contributed by atoms with Gasteiger partial charge in [-0.25, -0.2) is 0 Å². The van der Waals surface area contributed by atoms with Gasteiger partial charge in [0.1, 0.15) is 5.75 Å². The molecule has 1 aromatic heterocycles. The van der Waals surface area contributed by atoms with E-state index < -0.39 is 0 Å². The van der Waals surface area contributed by atoms with Gasteiger partial charge in [0.25, 0.3) is 0 Å². The van der Waals surface area contributed by atoms with Crippen molar-refractivity contribution in [2.24, 2.45) is 0 Å². The van der Waals surface area contributed by atoms with E-state index in [0.717, 1.165) is 22.6 Å². The molecule has 0 saturated carbocycles. The number of ether oxygens (including phenoxy) is 1. The Bertz CT molecular complexity index is 1440. The Hall–Kier alpha value is -4.22. The Kier molecular flexibility index (Phi) is 6.92. The molecule has 5 N–H and O–H groups in total. The zero-order valence-corrected chi connectivity index (χ0v) is 20.7. The van der Waals surface area contributed by atoms with Gasteiger partial charge in [0.15, 0.2) is 11.5 Å². The van der Waals surface area contributed by atoms with E-state index in [4.69, 9.17) is 29.2 Å². The Balaban J connectivity index is 1.18. The van der Waals surface area contributed by atoms with Crippen molar-refractivity contribution in [1.82, 2.24) is 20.4 Å². The molecule has 0 aliphatic carbocycles. The van der Waals surface area contributed by atoms with Crippen molar-refractivity contribution in [3.05, 3.63) is 94.0 Å². The van der Waals surface area contributed by atoms with Crippen LogP contribution in [-0.4, -0.2) is 27.6 Å². The fourth-order valence-corrected chi connectivity index (χ4v) is 4.36. The molecule has 1 aliphatic rings. The van der Waals surface area contributed by atoms with Crippen LogP contribution < -0.4 is 25.8 Å². The Morgan fingerprint density at radius 3 is 2.53 bits per heavy atom. The number of rotatable bonds is 8. The van der Waals surface area contributed by atoms with Crippen LogP contribution in [0.4, 0.5) is 23.0 Å². The minimum Gasteiger partial charge on any atom is -0.473 e. The SMILES string of the molecule is O=C1CC(c2ccccc2)N(c2ccc(OCNc3cccc(Nc4nc(=S)[nH]c(=S)[nH]4)c3)cc2)N1. The predicted octanol–water partition coefficient (Wildman–Crippen LogP) is 5.37. The van der Waals surface area contributed by atoms with Crippen LogP contribution in [0.3, 0.4) is 0 Å². The van der Waals surface area contributed by atoms with Gasteiger partial charge < -0.3 is 25.3 Å². The number of hydrogen-bond acceptors (Lipinski definition) is 8. The van der Waals surface area contributed by atoms with Crippen LogP contribution in [0.2, 0.25) is 0 Å². The van der Waals surface area contributed by atoms with Gasteiger partial charge in [0.2, 0.25) is 16.6 Å². The van der Waals surface area contributed by atoms with E-state index >= 15 is 0 Å². The Morgan fingerprint density at radius 1 is 0.972 bits per heavy atom. The first-order valence-electron chi connectivity index (χ1n) is 11.2. The number of nitrogens with one attached hydrogen (secondary N) is 5. The highest BCUT2D eigenvalue weighted by Crippen LogP contribution is 2.33. The number of hydrazine groups is 1. The zero-order chi connectivity index (χ0) is 24.9. The molecule has 5 rings (SSSR count). The summed E-state index contributed by atoms with van der Waals surface area (Å²) in [7, 11) is 0. The highest BCUT2D eigenvalue weighted by molar-refractivity contribution is 7.71. The third-order valence-corrected chi connectivity index (χ3v) is 5.94. The van der Waals surface area contributed by atoms with Crippen LogP contribution >= 0.6 is 24.4 Å². The van der Waals surface area contributed by atoms with Crippen LogP contribution in [0.15, 0.2) is 78.9 Å². The van der Waals surface area contributed by atoms with Gasteiger partial charge in [-0.3, -0.25) is 15.2 Å². The molecule has 1 atom stereocenters. The largest absolute Gasteiger partial charge is 0.473 e. The minimum atomic E-state index is -0.0507. The summed E-state index contributed by atoms with van der Waals surface area (Å²) in [5.41, 5.74) is 6.60. The molecule has 36 heavy (non-hydrogen) atoms. The molecular weight excluding hydrogens is 494 g/mol. The van der Waals surface area contributed by atoms with E-state index in [1.54, 1.807) is 0 Å². The van der Waals surface area contributed by atoms with Crippen LogP contribution in [0.1, 0.15) is 18.0 Å². The Labute approximate surface area is 217 Å². The first-order chi connectivity index (χ1) is 17.5. The highest BCUT2D eigenvalue weighted by atomic mass is 32.1. The third-order valence-electron chi connectivity index (χ3n) is 5.54. The van der Waals surface area contributed by atoms with E-state index in [0.29, 0.717) is 27.7 Å². The van der Waals surface area contributed by atoms with Crippen molar-refractivity contribution >= 4 is 53.4 Å². The third kappa shape index (κ3) is 5.70. The summed E-state index contributed by atoms with van der Waals surface area (Å²) in [4.78, 5) is 22.0. The molecule has 2 heterocycles. The van der Waals surface area contributed by atoms with Crippen LogP contribution in [-0.2, 0) is 4.79 Å². The van der Waals surface area contributed by atoms with Gasteiger partial charge in [-0.2, -0.15) is 4.98 Å². The lowest BCUT2D eigenvalue weighted by atomic mass is 10.0. The molecular formula is C25H23N7O2S2. The van der Waals surface area contributed by atoms with E-state index in [2.05, 4.69) is 31.0 Å². The summed E-state index contributed by atoms with van der Waals surface area (Å²) in [5, 5.41) is 8.29. The lowest BCUT2D eigenvalue weighted by Crippen LogP contribution is -2.34. The molecule has 11 heteroatoms. The topological polar surface area (TPSA) is 110 Å². The number of hydrogen-bond donors (Lipinski definition) is 5. The number of H-pyrrole nitrogens is 2. The van der Waals surface area contributed by atoms with Crippen molar-refractivity contribution < 1.29 is 9.53 Å². The van der Waals surface area contributed by atoms with Crippen molar-refractivity contribution in [1.29, 1.82) is 0 Å². The monoisotopic (exact) mass is 517 g/mol. The molecule has 9 nitrogen and oxygen atoms in total. The van der Waals surface area contributed by atoms with Gasteiger partial charge in [-0.1, -0.05) is 36.4 Å². The first-order valence-corrected chi connectivity index (χ1v) is 12.0. The number of amides is 1. The standard InChI is InChI=1S/C25H23N7O2S2/c33-22-14-21(16-5-2-1-3-6-16)32(31-22)19-9-11-20(12-10-19)34-15-26-17-7-4-8-18(13-17)27-23-28-24(35)30-25(36)29-23/h1-13,21,26H,14-15H2,(H,31,33)(H3,27,28,29,30,35,36). The average Bonchev–Trinajstić information content (AvgIpc) is 3.26. The molecule has 4 aromatic rings. The summed E-state index contributed by atoms with van der Waals surface area (Å²) in [6.07, 6.45) is 0.416. The zero-order valence-electron chi connectivity index (χ0n) is 19.0. The van der Waals surface area contributed by atoms with Gasteiger partial charge in [0.05, 0.1) is 18.2 Å². The number of carbonyl (C=O) groups is 1. The number of anilines is 4. The predicted molar refractivity (Wildman–Crippen MR) is 144 cm³/mol. The number of nitrogens with zero attached hydrogens (tertiary/aromatic N) is 2. The van der Waals surface area contributed by atoms with E-state index in [1.807, 2.05) is 83.9 Å². The number of aromatic amines is 2. The van der Waals surface area contributed by atoms with E-state index in [9.17, 15) is 4.79 Å². The summed E-state index contributed by atoms with van der Waals surface area (Å²) in [6.45, 7) is 0.271. The van der Waals surface area contributed by atoms with Crippen LogP contribution in [0, 0.1) is 9.54 Å². The second-order valence-corrected chi connectivity index (χ2v) is 8.84. The van der Waals surface area contributed by atoms with Gasteiger partial charge in [-0.05, 0) is 72.5 Å². The molecule has 1 amide bonds.